The largest absolute Gasteiger partial charge is 0.494 e. The summed E-state index contributed by atoms with van der Waals surface area (Å²) in [7, 11) is 0. The van der Waals surface area contributed by atoms with Crippen molar-refractivity contribution in [3.63, 3.8) is 0 Å². The van der Waals surface area contributed by atoms with Crippen LogP contribution in [0.3, 0.4) is 0 Å². The van der Waals surface area contributed by atoms with E-state index in [1.807, 2.05) is 31.2 Å². The van der Waals surface area contributed by atoms with Crippen molar-refractivity contribution >= 4 is 0 Å². The fraction of sp³-hybridized carbons (Fsp3) is 0.600. The van der Waals surface area contributed by atoms with Gasteiger partial charge in [0.1, 0.15) is 5.75 Å². The third-order valence-electron chi connectivity index (χ3n) is 3.44. The molecule has 0 saturated carbocycles. The Bertz CT molecular complexity index is 371. The summed E-state index contributed by atoms with van der Waals surface area (Å²) >= 11 is 0. The first-order valence-electron chi connectivity index (χ1n) is 6.94. The van der Waals surface area contributed by atoms with Gasteiger partial charge in [0.05, 0.1) is 12.2 Å². The van der Waals surface area contributed by atoms with Crippen LogP contribution in [0.5, 0.6) is 5.75 Å². The van der Waals surface area contributed by atoms with Gasteiger partial charge in [-0.25, -0.2) is 0 Å². The molecule has 19 heavy (non-hydrogen) atoms. The first-order chi connectivity index (χ1) is 9.22. The molecule has 0 atom stereocenters. The number of ether oxygens (including phenoxy) is 2. The lowest BCUT2D eigenvalue weighted by molar-refractivity contribution is -0.0617. The number of rotatable bonds is 6. The Balaban J connectivity index is 1.75. The SMILES string of the molecule is CCOc1ccc(CNCC2(O)CCOCC2)cc1. The van der Waals surface area contributed by atoms with Crippen molar-refractivity contribution in [2.45, 2.75) is 31.9 Å². The monoisotopic (exact) mass is 265 g/mol. The van der Waals surface area contributed by atoms with Crippen LogP contribution in [0.4, 0.5) is 0 Å². The van der Waals surface area contributed by atoms with Crippen LogP contribution >= 0.6 is 0 Å². The Morgan fingerprint density at radius 2 is 1.95 bits per heavy atom. The first-order valence-corrected chi connectivity index (χ1v) is 6.94. The van der Waals surface area contributed by atoms with E-state index >= 15 is 0 Å². The average molecular weight is 265 g/mol. The molecule has 1 aromatic carbocycles. The van der Waals surface area contributed by atoms with Crippen molar-refractivity contribution in [1.82, 2.24) is 5.32 Å². The van der Waals surface area contributed by atoms with Crippen LogP contribution in [0.2, 0.25) is 0 Å². The fourth-order valence-electron chi connectivity index (χ4n) is 2.24. The number of nitrogens with one attached hydrogen (secondary N) is 1. The highest BCUT2D eigenvalue weighted by atomic mass is 16.5. The number of hydrogen-bond acceptors (Lipinski definition) is 4. The third kappa shape index (κ3) is 4.49. The van der Waals surface area contributed by atoms with Crippen LogP contribution in [0.25, 0.3) is 0 Å². The molecule has 0 bridgehead atoms. The lowest BCUT2D eigenvalue weighted by Gasteiger charge is -2.32. The van der Waals surface area contributed by atoms with Crippen molar-refractivity contribution in [2.24, 2.45) is 0 Å². The molecule has 1 aromatic rings. The van der Waals surface area contributed by atoms with E-state index in [2.05, 4.69) is 5.32 Å². The molecule has 1 aliphatic heterocycles. The summed E-state index contributed by atoms with van der Waals surface area (Å²) in [5.74, 6) is 0.898. The summed E-state index contributed by atoms with van der Waals surface area (Å²) in [6, 6.07) is 8.05. The molecule has 2 N–H and O–H groups in total. The molecule has 106 valence electrons. The summed E-state index contributed by atoms with van der Waals surface area (Å²) in [4.78, 5) is 0. The zero-order chi connectivity index (χ0) is 13.6. The lowest BCUT2D eigenvalue weighted by atomic mass is 9.94. The van der Waals surface area contributed by atoms with Crippen molar-refractivity contribution < 1.29 is 14.6 Å². The normalized spacial score (nSPS) is 18.2. The second-order valence-electron chi connectivity index (χ2n) is 5.02. The highest BCUT2D eigenvalue weighted by Gasteiger charge is 2.28. The van der Waals surface area contributed by atoms with Gasteiger partial charge in [-0.05, 0) is 24.6 Å². The Morgan fingerprint density at radius 3 is 2.58 bits per heavy atom. The van der Waals surface area contributed by atoms with Gasteiger partial charge in [0.25, 0.3) is 0 Å². The molecule has 1 fully saturated rings. The maximum absolute atomic E-state index is 10.3. The molecule has 2 rings (SSSR count). The highest BCUT2D eigenvalue weighted by molar-refractivity contribution is 5.27. The van der Waals surface area contributed by atoms with E-state index in [-0.39, 0.29) is 0 Å². The van der Waals surface area contributed by atoms with Gasteiger partial charge in [0.15, 0.2) is 0 Å². The van der Waals surface area contributed by atoms with Gasteiger partial charge in [-0.2, -0.15) is 0 Å². The molecule has 0 radical (unpaired) electrons. The fourth-order valence-corrected chi connectivity index (χ4v) is 2.24. The molecule has 0 aromatic heterocycles. The van der Waals surface area contributed by atoms with Crippen LogP contribution in [0.1, 0.15) is 25.3 Å². The summed E-state index contributed by atoms with van der Waals surface area (Å²) in [5.41, 5.74) is 0.586. The van der Waals surface area contributed by atoms with E-state index in [9.17, 15) is 5.11 Å². The minimum absolute atomic E-state index is 0.608. The highest BCUT2D eigenvalue weighted by Crippen LogP contribution is 2.19. The van der Waals surface area contributed by atoms with E-state index < -0.39 is 5.60 Å². The van der Waals surface area contributed by atoms with Gasteiger partial charge in [-0.15, -0.1) is 0 Å². The second kappa shape index (κ2) is 6.89. The summed E-state index contributed by atoms with van der Waals surface area (Å²) in [6.45, 7) is 5.35. The van der Waals surface area contributed by atoms with Gasteiger partial charge < -0.3 is 19.9 Å². The quantitative estimate of drug-likeness (QED) is 0.822. The van der Waals surface area contributed by atoms with Crippen molar-refractivity contribution in [2.75, 3.05) is 26.4 Å². The van der Waals surface area contributed by atoms with Crippen LogP contribution < -0.4 is 10.1 Å². The zero-order valence-corrected chi connectivity index (χ0v) is 11.5. The van der Waals surface area contributed by atoms with Crippen molar-refractivity contribution in [3.8, 4) is 5.75 Å². The molecule has 1 heterocycles. The first kappa shape index (κ1) is 14.3. The lowest BCUT2D eigenvalue weighted by Crippen LogP contribution is -2.44. The Labute approximate surface area is 114 Å². The van der Waals surface area contributed by atoms with E-state index in [0.29, 0.717) is 39.2 Å². The van der Waals surface area contributed by atoms with Gasteiger partial charge in [-0.1, -0.05) is 12.1 Å². The van der Waals surface area contributed by atoms with E-state index in [1.54, 1.807) is 0 Å². The smallest absolute Gasteiger partial charge is 0.119 e. The van der Waals surface area contributed by atoms with E-state index in [0.717, 1.165) is 12.3 Å². The number of benzene rings is 1. The molecule has 4 heteroatoms. The van der Waals surface area contributed by atoms with Gasteiger partial charge in [-0.3, -0.25) is 0 Å². The van der Waals surface area contributed by atoms with Gasteiger partial charge >= 0.3 is 0 Å². The minimum Gasteiger partial charge on any atom is -0.494 e. The summed E-state index contributed by atoms with van der Waals surface area (Å²) in [6.07, 6.45) is 1.42. The van der Waals surface area contributed by atoms with Crippen LogP contribution in [0, 0.1) is 0 Å². The molecule has 4 nitrogen and oxygen atoms in total. The molecular weight excluding hydrogens is 242 g/mol. The predicted molar refractivity (Wildman–Crippen MR) is 74.3 cm³/mol. The van der Waals surface area contributed by atoms with Crippen molar-refractivity contribution in [1.29, 1.82) is 0 Å². The standard InChI is InChI=1S/C15H23NO3/c1-2-19-14-5-3-13(4-6-14)11-16-12-15(17)7-9-18-10-8-15/h3-6,16-17H,2,7-12H2,1H3. The molecular formula is C15H23NO3. The Morgan fingerprint density at radius 1 is 1.26 bits per heavy atom. The summed E-state index contributed by atoms with van der Waals surface area (Å²) in [5, 5.41) is 13.6. The molecule has 0 aliphatic carbocycles. The summed E-state index contributed by atoms with van der Waals surface area (Å²) < 4.78 is 10.7. The molecule has 0 spiro atoms. The van der Waals surface area contributed by atoms with Crippen LogP contribution in [-0.4, -0.2) is 37.1 Å². The Hall–Kier alpha value is -1.10. The van der Waals surface area contributed by atoms with Crippen LogP contribution in [-0.2, 0) is 11.3 Å². The molecule has 0 amide bonds. The third-order valence-corrected chi connectivity index (χ3v) is 3.44. The average Bonchev–Trinajstić information content (AvgIpc) is 2.42. The van der Waals surface area contributed by atoms with Crippen molar-refractivity contribution in [3.05, 3.63) is 29.8 Å². The second-order valence-corrected chi connectivity index (χ2v) is 5.02. The minimum atomic E-state index is -0.608. The molecule has 1 aliphatic rings. The maximum Gasteiger partial charge on any atom is 0.119 e. The predicted octanol–water partition coefficient (Wildman–Crippen LogP) is 1.72. The zero-order valence-electron chi connectivity index (χ0n) is 11.5. The topological polar surface area (TPSA) is 50.7 Å². The maximum atomic E-state index is 10.3. The molecule has 0 unspecified atom stereocenters. The van der Waals surface area contributed by atoms with Gasteiger partial charge in [0.2, 0.25) is 0 Å². The van der Waals surface area contributed by atoms with Gasteiger partial charge in [0, 0.05) is 39.1 Å². The van der Waals surface area contributed by atoms with E-state index in [1.165, 1.54) is 5.56 Å². The molecule has 1 saturated heterocycles. The number of aliphatic hydroxyl groups is 1. The number of hydrogen-bond donors (Lipinski definition) is 2. The van der Waals surface area contributed by atoms with Crippen LogP contribution in [0.15, 0.2) is 24.3 Å². The Kier molecular flexibility index (Phi) is 5.19. The van der Waals surface area contributed by atoms with E-state index in [4.69, 9.17) is 9.47 Å².